The van der Waals surface area contributed by atoms with Crippen LogP contribution in [0.3, 0.4) is 0 Å². The lowest BCUT2D eigenvalue weighted by Crippen LogP contribution is -2.24. The van der Waals surface area contributed by atoms with Gasteiger partial charge in [0, 0.05) is 17.6 Å². The molecule has 0 spiro atoms. The van der Waals surface area contributed by atoms with Crippen molar-refractivity contribution in [2.75, 3.05) is 6.54 Å². The molecule has 2 nitrogen and oxygen atoms in total. The first-order chi connectivity index (χ1) is 10.3. The zero-order valence-electron chi connectivity index (χ0n) is 13.6. The lowest BCUT2D eigenvalue weighted by molar-refractivity contribution is 0.371. The van der Waals surface area contributed by atoms with Gasteiger partial charge in [-0.15, -0.1) is 0 Å². The van der Waals surface area contributed by atoms with Gasteiger partial charge in [-0.3, -0.25) is 4.98 Å². The average Bonchev–Trinajstić information content (AvgIpc) is 2.55. The summed E-state index contributed by atoms with van der Waals surface area (Å²) in [7, 11) is 0. The molecule has 0 bridgehead atoms. The molecule has 1 atom stereocenters. The van der Waals surface area contributed by atoms with E-state index in [4.69, 9.17) is 0 Å². The Labute approximate surface area is 129 Å². The van der Waals surface area contributed by atoms with E-state index in [1.165, 1.54) is 36.6 Å². The van der Waals surface area contributed by atoms with Gasteiger partial charge in [0.15, 0.2) is 0 Å². The molecule has 1 N–H and O–H groups in total. The molecule has 0 saturated carbocycles. The van der Waals surface area contributed by atoms with E-state index in [2.05, 4.69) is 55.3 Å². The van der Waals surface area contributed by atoms with Crippen LogP contribution in [0.25, 0.3) is 10.9 Å². The molecule has 114 valence electrons. The number of nitrogens with zero attached hydrogens (tertiary/aromatic N) is 1. The van der Waals surface area contributed by atoms with Crippen LogP contribution in [0.4, 0.5) is 0 Å². The van der Waals surface area contributed by atoms with E-state index >= 15 is 0 Å². The molecule has 0 aliphatic heterocycles. The molecule has 21 heavy (non-hydrogen) atoms. The Balaban J connectivity index is 2.24. The third kappa shape index (κ3) is 4.28. The van der Waals surface area contributed by atoms with Gasteiger partial charge in [-0.2, -0.15) is 0 Å². The predicted molar refractivity (Wildman–Crippen MR) is 91.5 cm³/mol. The zero-order valence-corrected chi connectivity index (χ0v) is 13.6. The summed E-state index contributed by atoms with van der Waals surface area (Å²) in [4.78, 5) is 4.42. The van der Waals surface area contributed by atoms with Gasteiger partial charge >= 0.3 is 0 Å². The summed E-state index contributed by atoms with van der Waals surface area (Å²) in [6, 6.07) is 11.3. The number of aromatic nitrogens is 1. The van der Waals surface area contributed by atoms with E-state index in [1.807, 2.05) is 12.3 Å². The zero-order chi connectivity index (χ0) is 15.1. The molecule has 2 aromatic rings. The van der Waals surface area contributed by atoms with Crippen LogP contribution in [0.1, 0.15) is 58.1 Å². The lowest BCUT2D eigenvalue weighted by atomic mass is 9.90. The van der Waals surface area contributed by atoms with Gasteiger partial charge in [-0.1, -0.05) is 45.7 Å². The second kappa shape index (κ2) is 8.14. The fourth-order valence-electron chi connectivity index (χ4n) is 2.92. The minimum absolute atomic E-state index is 0.458. The van der Waals surface area contributed by atoms with Crippen molar-refractivity contribution in [1.82, 2.24) is 10.3 Å². The molecular formula is C19H28N2. The molecule has 0 amide bonds. The summed E-state index contributed by atoms with van der Waals surface area (Å²) in [6.45, 7) is 7.91. The van der Waals surface area contributed by atoms with Crippen molar-refractivity contribution in [3.8, 4) is 0 Å². The van der Waals surface area contributed by atoms with E-state index in [1.54, 1.807) is 0 Å². The Morgan fingerprint density at radius 2 is 1.90 bits per heavy atom. The van der Waals surface area contributed by atoms with Gasteiger partial charge in [0.05, 0.1) is 5.52 Å². The number of rotatable bonds is 8. The first kappa shape index (κ1) is 16.0. The Bertz CT molecular complexity index is 546. The second-order valence-electron chi connectivity index (χ2n) is 5.88. The van der Waals surface area contributed by atoms with E-state index in [0.717, 1.165) is 18.0 Å². The van der Waals surface area contributed by atoms with E-state index in [-0.39, 0.29) is 0 Å². The SMILES string of the molecule is CCCNC(CC(CC)CC)c1ccc2ncccc2c1. The smallest absolute Gasteiger partial charge is 0.0702 e. The van der Waals surface area contributed by atoms with Crippen LogP contribution in [0.15, 0.2) is 36.5 Å². The Hall–Kier alpha value is -1.41. The molecule has 0 aliphatic rings. The van der Waals surface area contributed by atoms with Gasteiger partial charge in [-0.25, -0.2) is 0 Å². The van der Waals surface area contributed by atoms with Gasteiger partial charge in [-0.05, 0) is 49.1 Å². The minimum atomic E-state index is 0.458. The number of pyridine rings is 1. The fraction of sp³-hybridized carbons (Fsp3) is 0.526. The third-order valence-electron chi connectivity index (χ3n) is 4.39. The largest absolute Gasteiger partial charge is 0.310 e. The Morgan fingerprint density at radius 3 is 2.62 bits per heavy atom. The van der Waals surface area contributed by atoms with Crippen molar-refractivity contribution < 1.29 is 0 Å². The lowest BCUT2D eigenvalue weighted by Gasteiger charge is -2.24. The van der Waals surface area contributed by atoms with Crippen molar-refractivity contribution in [3.63, 3.8) is 0 Å². The molecule has 1 heterocycles. The normalized spacial score (nSPS) is 13.0. The number of hydrogen-bond donors (Lipinski definition) is 1. The summed E-state index contributed by atoms with van der Waals surface area (Å²) < 4.78 is 0. The molecule has 0 fully saturated rings. The first-order valence-corrected chi connectivity index (χ1v) is 8.36. The van der Waals surface area contributed by atoms with Gasteiger partial charge in [0.25, 0.3) is 0 Å². The fourth-order valence-corrected chi connectivity index (χ4v) is 2.92. The summed E-state index contributed by atoms with van der Waals surface area (Å²) >= 11 is 0. The van der Waals surface area contributed by atoms with Crippen molar-refractivity contribution in [1.29, 1.82) is 0 Å². The minimum Gasteiger partial charge on any atom is -0.310 e. The maximum Gasteiger partial charge on any atom is 0.0702 e. The topological polar surface area (TPSA) is 24.9 Å². The van der Waals surface area contributed by atoms with Crippen molar-refractivity contribution in [2.24, 2.45) is 5.92 Å². The van der Waals surface area contributed by atoms with Crippen LogP contribution in [0, 0.1) is 5.92 Å². The third-order valence-corrected chi connectivity index (χ3v) is 4.39. The number of benzene rings is 1. The monoisotopic (exact) mass is 284 g/mol. The Kier molecular flexibility index (Phi) is 6.19. The molecule has 1 aromatic carbocycles. The average molecular weight is 284 g/mol. The highest BCUT2D eigenvalue weighted by molar-refractivity contribution is 5.79. The standard InChI is InChI=1S/C19H28N2/c1-4-11-20-19(13-15(5-2)6-3)17-9-10-18-16(14-17)8-7-12-21-18/h7-10,12,14-15,19-20H,4-6,11,13H2,1-3H3. The van der Waals surface area contributed by atoms with Crippen LogP contribution in [-0.2, 0) is 0 Å². The van der Waals surface area contributed by atoms with E-state index in [9.17, 15) is 0 Å². The van der Waals surface area contributed by atoms with Gasteiger partial charge in [0.2, 0.25) is 0 Å². The number of hydrogen-bond acceptors (Lipinski definition) is 2. The van der Waals surface area contributed by atoms with E-state index in [0.29, 0.717) is 6.04 Å². The van der Waals surface area contributed by atoms with Crippen LogP contribution in [0.2, 0.25) is 0 Å². The van der Waals surface area contributed by atoms with Crippen molar-refractivity contribution in [3.05, 3.63) is 42.1 Å². The first-order valence-electron chi connectivity index (χ1n) is 8.36. The molecule has 1 aromatic heterocycles. The van der Waals surface area contributed by atoms with E-state index < -0.39 is 0 Å². The summed E-state index contributed by atoms with van der Waals surface area (Å²) in [5.41, 5.74) is 2.48. The van der Waals surface area contributed by atoms with Crippen LogP contribution < -0.4 is 5.32 Å². The maximum atomic E-state index is 4.42. The summed E-state index contributed by atoms with van der Waals surface area (Å²) in [5, 5.41) is 4.97. The Morgan fingerprint density at radius 1 is 1.10 bits per heavy atom. The molecule has 0 radical (unpaired) electrons. The number of nitrogens with one attached hydrogen (secondary N) is 1. The second-order valence-corrected chi connectivity index (χ2v) is 5.88. The molecule has 2 rings (SSSR count). The quantitative estimate of drug-likeness (QED) is 0.729. The number of fused-ring (bicyclic) bond motifs is 1. The highest BCUT2D eigenvalue weighted by Gasteiger charge is 2.16. The molecule has 1 unspecified atom stereocenters. The molecule has 0 aliphatic carbocycles. The van der Waals surface area contributed by atoms with Crippen molar-refractivity contribution in [2.45, 2.75) is 52.5 Å². The highest BCUT2D eigenvalue weighted by atomic mass is 14.9. The van der Waals surface area contributed by atoms with Crippen LogP contribution in [0.5, 0.6) is 0 Å². The molecule has 0 saturated heterocycles. The summed E-state index contributed by atoms with van der Waals surface area (Å²) in [5.74, 6) is 0.795. The van der Waals surface area contributed by atoms with Crippen LogP contribution in [-0.4, -0.2) is 11.5 Å². The predicted octanol–water partition coefficient (Wildman–Crippen LogP) is 5.10. The molecular weight excluding hydrogens is 256 g/mol. The van der Waals surface area contributed by atoms with Crippen LogP contribution >= 0.6 is 0 Å². The van der Waals surface area contributed by atoms with Gasteiger partial charge < -0.3 is 5.32 Å². The van der Waals surface area contributed by atoms with Gasteiger partial charge in [0.1, 0.15) is 0 Å². The highest BCUT2D eigenvalue weighted by Crippen LogP contribution is 2.27. The molecule has 2 heteroatoms. The van der Waals surface area contributed by atoms with Crippen molar-refractivity contribution >= 4 is 10.9 Å². The summed E-state index contributed by atoms with van der Waals surface area (Å²) in [6.07, 6.45) is 6.78. The maximum absolute atomic E-state index is 4.42.